The van der Waals surface area contributed by atoms with Crippen molar-refractivity contribution < 1.29 is 44.1 Å². The Morgan fingerprint density at radius 2 is 1.47 bits per heavy atom. The highest BCUT2D eigenvalue weighted by Gasteiger charge is 2.32. The van der Waals surface area contributed by atoms with Gasteiger partial charge in [-0.2, -0.15) is 0 Å². The van der Waals surface area contributed by atoms with Gasteiger partial charge in [0.25, 0.3) is 0 Å². The van der Waals surface area contributed by atoms with Crippen LogP contribution < -0.4 is 27.4 Å². The number of carboxylic acids is 2. The molecule has 32 heavy (non-hydrogen) atoms. The number of primary amides is 1. The van der Waals surface area contributed by atoms with Gasteiger partial charge in [-0.3, -0.25) is 24.0 Å². The van der Waals surface area contributed by atoms with E-state index in [-0.39, 0.29) is 12.8 Å². The molecule has 5 unspecified atom stereocenters. The molecule has 0 saturated heterocycles. The maximum Gasteiger partial charge on any atom is 0.326 e. The summed E-state index contributed by atoms with van der Waals surface area (Å²) in [4.78, 5) is 70.0. The Labute approximate surface area is 184 Å². The number of carbonyl (C=O) groups excluding carboxylic acids is 4. The molecule has 0 aliphatic heterocycles. The topological polar surface area (TPSA) is 251 Å². The molecule has 0 aliphatic carbocycles. The average Bonchev–Trinajstić information content (AvgIpc) is 2.70. The molecule has 0 rings (SSSR count). The molecule has 0 spiro atoms. The molecule has 182 valence electrons. The molecule has 0 bridgehead atoms. The zero-order valence-corrected chi connectivity index (χ0v) is 17.9. The van der Waals surface area contributed by atoms with E-state index in [4.69, 9.17) is 21.7 Å². The zero-order valence-electron chi connectivity index (χ0n) is 17.9. The van der Waals surface area contributed by atoms with E-state index in [9.17, 15) is 33.9 Å². The first-order valence-electron chi connectivity index (χ1n) is 9.84. The fourth-order valence-electron chi connectivity index (χ4n) is 2.51. The number of rotatable bonds is 15. The van der Waals surface area contributed by atoms with E-state index in [1.54, 1.807) is 13.8 Å². The predicted molar refractivity (Wildman–Crippen MR) is 109 cm³/mol. The second-order valence-electron chi connectivity index (χ2n) is 7.22. The van der Waals surface area contributed by atoms with Gasteiger partial charge in [-0.05, 0) is 12.3 Å². The molecule has 4 amide bonds. The molecule has 10 N–H and O–H groups in total. The first-order chi connectivity index (χ1) is 14.8. The minimum atomic E-state index is -1.56. The van der Waals surface area contributed by atoms with Gasteiger partial charge in [0.2, 0.25) is 23.6 Å². The van der Waals surface area contributed by atoms with E-state index in [1.807, 2.05) is 0 Å². The van der Waals surface area contributed by atoms with E-state index >= 15 is 0 Å². The van der Waals surface area contributed by atoms with Crippen molar-refractivity contribution >= 4 is 35.6 Å². The molecule has 0 aromatic carbocycles. The van der Waals surface area contributed by atoms with Crippen molar-refractivity contribution in [3.8, 4) is 0 Å². The smallest absolute Gasteiger partial charge is 0.326 e. The highest BCUT2D eigenvalue weighted by Crippen LogP contribution is 2.09. The summed E-state index contributed by atoms with van der Waals surface area (Å²) < 4.78 is 0. The standard InChI is InChI=1S/C18H31N5O9/c1-3-8(2)14(23-15(28)9(19)6-13(26)27)17(30)22-11(7-24)16(29)21-10(18(31)32)4-5-12(20)25/h8-11,14,24H,3-7,19H2,1-2H3,(H2,20,25)(H,21,29)(H,22,30)(H,23,28)(H,26,27)(H,31,32). The van der Waals surface area contributed by atoms with Crippen molar-refractivity contribution in [1.29, 1.82) is 0 Å². The maximum absolute atomic E-state index is 12.7. The molecular formula is C18H31N5O9. The Morgan fingerprint density at radius 1 is 0.906 bits per heavy atom. The van der Waals surface area contributed by atoms with Crippen LogP contribution in [-0.4, -0.2) is 81.7 Å². The number of nitrogens with one attached hydrogen (secondary N) is 3. The zero-order chi connectivity index (χ0) is 25.0. The normalized spacial score (nSPS) is 15.4. The number of aliphatic hydroxyl groups is 1. The monoisotopic (exact) mass is 461 g/mol. The third-order valence-electron chi connectivity index (χ3n) is 4.63. The second-order valence-corrected chi connectivity index (χ2v) is 7.22. The Morgan fingerprint density at radius 3 is 1.91 bits per heavy atom. The van der Waals surface area contributed by atoms with Gasteiger partial charge in [-0.25, -0.2) is 4.79 Å². The highest BCUT2D eigenvalue weighted by molar-refractivity contribution is 5.95. The Kier molecular flexibility index (Phi) is 12.5. The van der Waals surface area contributed by atoms with Crippen molar-refractivity contribution in [1.82, 2.24) is 16.0 Å². The minimum Gasteiger partial charge on any atom is -0.481 e. The lowest BCUT2D eigenvalue weighted by atomic mass is 9.97. The quantitative estimate of drug-likeness (QED) is 0.120. The number of aliphatic carboxylic acids is 2. The first kappa shape index (κ1) is 28.7. The summed E-state index contributed by atoms with van der Waals surface area (Å²) in [5.74, 6) is -6.78. The molecule has 0 aromatic heterocycles. The first-order valence-corrected chi connectivity index (χ1v) is 9.84. The van der Waals surface area contributed by atoms with Crippen LogP contribution in [0.2, 0.25) is 0 Å². The van der Waals surface area contributed by atoms with Gasteiger partial charge in [0.05, 0.1) is 19.1 Å². The van der Waals surface area contributed by atoms with E-state index in [1.165, 1.54) is 0 Å². The van der Waals surface area contributed by atoms with Crippen LogP contribution in [0.4, 0.5) is 0 Å². The molecule has 14 heteroatoms. The van der Waals surface area contributed by atoms with Crippen LogP contribution in [0.1, 0.15) is 39.5 Å². The van der Waals surface area contributed by atoms with Gasteiger partial charge in [0, 0.05) is 6.42 Å². The van der Waals surface area contributed by atoms with Crippen LogP contribution in [0.3, 0.4) is 0 Å². The number of carbonyl (C=O) groups is 6. The summed E-state index contributed by atoms with van der Waals surface area (Å²) >= 11 is 0. The summed E-state index contributed by atoms with van der Waals surface area (Å²) in [7, 11) is 0. The Balaban J connectivity index is 5.30. The van der Waals surface area contributed by atoms with Crippen LogP contribution in [0.25, 0.3) is 0 Å². The minimum absolute atomic E-state index is 0.296. The van der Waals surface area contributed by atoms with Gasteiger partial charge < -0.3 is 42.7 Å². The van der Waals surface area contributed by atoms with Crippen molar-refractivity contribution in [2.45, 2.75) is 63.7 Å². The number of nitrogens with two attached hydrogens (primary N) is 2. The predicted octanol–water partition coefficient (Wildman–Crippen LogP) is -3.37. The second kappa shape index (κ2) is 13.9. The maximum atomic E-state index is 12.7. The van der Waals surface area contributed by atoms with Crippen molar-refractivity contribution in [3.63, 3.8) is 0 Å². The summed E-state index contributed by atoms with van der Waals surface area (Å²) in [6.07, 6.45) is -0.859. The number of amides is 4. The van der Waals surface area contributed by atoms with E-state index in [2.05, 4.69) is 16.0 Å². The molecule has 14 nitrogen and oxygen atoms in total. The lowest BCUT2D eigenvalue weighted by Crippen LogP contribution is -2.59. The summed E-state index contributed by atoms with van der Waals surface area (Å²) in [5, 5.41) is 34.0. The van der Waals surface area contributed by atoms with Gasteiger partial charge >= 0.3 is 11.9 Å². The largest absolute Gasteiger partial charge is 0.481 e. The molecule has 0 saturated carbocycles. The molecule has 5 atom stereocenters. The summed E-state index contributed by atoms with van der Waals surface area (Å²) in [6.45, 7) is 2.45. The summed E-state index contributed by atoms with van der Waals surface area (Å²) in [6, 6.07) is -5.67. The lowest BCUT2D eigenvalue weighted by Gasteiger charge is -2.27. The van der Waals surface area contributed by atoms with Gasteiger partial charge in [-0.15, -0.1) is 0 Å². The molecule has 0 aliphatic rings. The van der Waals surface area contributed by atoms with Gasteiger partial charge in [-0.1, -0.05) is 20.3 Å². The van der Waals surface area contributed by atoms with Crippen molar-refractivity contribution in [3.05, 3.63) is 0 Å². The molecule has 0 radical (unpaired) electrons. The van der Waals surface area contributed by atoms with Crippen LogP contribution in [0.5, 0.6) is 0 Å². The number of aliphatic hydroxyl groups excluding tert-OH is 1. The fraction of sp³-hybridized carbons (Fsp3) is 0.667. The van der Waals surface area contributed by atoms with Crippen LogP contribution in [0.15, 0.2) is 0 Å². The van der Waals surface area contributed by atoms with E-state index < -0.39 is 78.7 Å². The third kappa shape index (κ3) is 10.2. The highest BCUT2D eigenvalue weighted by atomic mass is 16.4. The molecule has 0 fully saturated rings. The van der Waals surface area contributed by atoms with Gasteiger partial charge in [0.15, 0.2) is 0 Å². The molecule has 0 heterocycles. The fourth-order valence-corrected chi connectivity index (χ4v) is 2.51. The number of hydrogen-bond donors (Lipinski definition) is 8. The average molecular weight is 461 g/mol. The SMILES string of the molecule is CCC(C)C(NC(=O)C(N)CC(=O)O)C(=O)NC(CO)C(=O)NC(CCC(N)=O)C(=O)O. The van der Waals surface area contributed by atoms with Gasteiger partial charge in [0.1, 0.15) is 18.1 Å². The number of carboxylic acid groups (broad SMARTS) is 2. The number of hydrogen-bond acceptors (Lipinski definition) is 8. The van der Waals surface area contributed by atoms with E-state index in [0.29, 0.717) is 6.42 Å². The lowest BCUT2D eigenvalue weighted by molar-refractivity contribution is -0.143. The van der Waals surface area contributed by atoms with Crippen LogP contribution in [-0.2, 0) is 28.8 Å². The third-order valence-corrected chi connectivity index (χ3v) is 4.63. The molecule has 0 aromatic rings. The van der Waals surface area contributed by atoms with E-state index in [0.717, 1.165) is 0 Å². The summed E-state index contributed by atoms with van der Waals surface area (Å²) in [5.41, 5.74) is 10.5. The molecular weight excluding hydrogens is 430 g/mol. The Bertz CT molecular complexity index is 715. The van der Waals surface area contributed by atoms with Crippen molar-refractivity contribution in [2.75, 3.05) is 6.61 Å². The van der Waals surface area contributed by atoms with Crippen molar-refractivity contribution in [2.24, 2.45) is 17.4 Å². The van der Waals surface area contributed by atoms with Crippen LogP contribution >= 0.6 is 0 Å². The van der Waals surface area contributed by atoms with Crippen LogP contribution in [0, 0.1) is 5.92 Å². The Hall–Kier alpha value is -3.26.